The van der Waals surface area contributed by atoms with Crippen LogP contribution in [-0.2, 0) is 6.54 Å². The zero-order chi connectivity index (χ0) is 17.8. The van der Waals surface area contributed by atoms with Crippen LogP contribution in [0.1, 0.15) is 5.56 Å². The third kappa shape index (κ3) is 3.57. The first-order valence-electron chi connectivity index (χ1n) is 8.42. The molecule has 5 nitrogen and oxygen atoms in total. The molecule has 5 heteroatoms. The van der Waals surface area contributed by atoms with E-state index in [4.69, 9.17) is 0 Å². The van der Waals surface area contributed by atoms with Gasteiger partial charge in [0.05, 0.1) is 11.0 Å². The predicted molar refractivity (Wildman–Crippen MR) is 104 cm³/mol. The molecule has 3 N–H and O–H groups in total. The van der Waals surface area contributed by atoms with Gasteiger partial charge in [0, 0.05) is 17.8 Å². The summed E-state index contributed by atoms with van der Waals surface area (Å²) >= 11 is 0. The highest BCUT2D eigenvalue weighted by molar-refractivity contribution is 5.90. The highest BCUT2D eigenvalue weighted by Gasteiger charge is 2.07. The van der Waals surface area contributed by atoms with Gasteiger partial charge in [0.15, 0.2) is 0 Å². The summed E-state index contributed by atoms with van der Waals surface area (Å²) in [6.45, 7) is 0.482. The Morgan fingerprint density at radius 2 is 1.73 bits per heavy atom. The van der Waals surface area contributed by atoms with Crippen molar-refractivity contribution in [2.45, 2.75) is 6.54 Å². The van der Waals surface area contributed by atoms with Crippen molar-refractivity contribution < 1.29 is 4.79 Å². The maximum absolute atomic E-state index is 12.1. The van der Waals surface area contributed by atoms with E-state index in [9.17, 15) is 4.79 Å². The molecule has 0 atom stereocenters. The highest BCUT2D eigenvalue weighted by atomic mass is 16.2. The number of benzene rings is 3. The summed E-state index contributed by atoms with van der Waals surface area (Å²) in [4.78, 5) is 20.0. The summed E-state index contributed by atoms with van der Waals surface area (Å²) in [5, 5.41) is 5.72. The van der Waals surface area contributed by atoms with Crippen LogP contribution in [-0.4, -0.2) is 16.0 Å². The Hall–Kier alpha value is -3.60. The molecule has 1 aromatic heterocycles. The van der Waals surface area contributed by atoms with E-state index in [1.165, 1.54) is 0 Å². The molecule has 3 aromatic carbocycles. The molecule has 0 saturated carbocycles. The summed E-state index contributed by atoms with van der Waals surface area (Å²) in [6.07, 6.45) is 0. The number of amides is 2. The van der Waals surface area contributed by atoms with E-state index in [0.29, 0.717) is 12.2 Å². The van der Waals surface area contributed by atoms with Crippen molar-refractivity contribution in [2.75, 3.05) is 5.32 Å². The number of nitrogens with zero attached hydrogens (tertiary/aromatic N) is 1. The highest BCUT2D eigenvalue weighted by Crippen LogP contribution is 2.23. The molecular weight excluding hydrogens is 324 g/mol. The Morgan fingerprint density at radius 3 is 2.58 bits per heavy atom. The number of hydrogen-bond donors (Lipinski definition) is 3. The second-order valence-corrected chi connectivity index (χ2v) is 5.98. The summed E-state index contributed by atoms with van der Waals surface area (Å²) in [6, 6.07) is 25.1. The first kappa shape index (κ1) is 15.9. The van der Waals surface area contributed by atoms with Gasteiger partial charge in [-0.1, -0.05) is 54.6 Å². The molecule has 0 aliphatic rings. The fourth-order valence-electron chi connectivity index (χ4n) is 2.79. The number of carbonyl (C=O) groups is 1. The Labute approximate surface area is 151 Å². The van der Waals surface area contributed by atoms with E-state index in [1.807, 2.05) is 78.9 Å². The van der Waals surface area contributed by atoms with Gasteiger partial charge in [0.25, 0.3) is 0 Å². The number of aromatic amines is 1. The lowest BCUT2D eigenvalue weighted by atomic mass is 10.2. The third-order valence-corrected chi connectivity index (χ3v) is 4.08. The topological polar surface area (TPSA) is 69.8 Å². The smallest absolute Gasteiger partial charge is 0.319 e. The molecule has 0 bridgehead atoms. The van der Waals surface area contributed by atoms with Crippen LogP contribution in [0.25, 0.3) is 22.4 Å². The minimum absolute atomic E-state index is 0.240. The molecule has 26 heavy (non-hydrogen) atoms. The molecule has 1 heterocycles. The number of rotatable bonds is 4. The van der Waals surface area contributed by atoms with E-state index in [-0.39, 0.29) is 6.03 Å². The van der Waals surface area contributed by atoms with Crippen molar-refractivity contribution in [3.8, 4) is 11.4 Å². The molecule has 0 spiro atoms. The Morgan fingerprint density at radius 1 is 0.923 bits per heavy atom. The zero-order valence-electron chi connectivity index (χ0n) is 14.1. The SMILES string of the molecule is O=C(NCc1ccccc1)Nc1cccc(-c2nc3ccccc3[nH]2)c1. The van der Waals surface area contributed by atoms with Gasteiger partial charge in [-0.25, -0.2) is 9.78 Å². The number of para-hydroxylation sites is 2. The van der Waals surface area contributed by atoms with Gasteiger partial charge >= 0.3 is 6.03 Å². The van der Waals surface area contributed by atoms with Gasteiger partial charge < -0.3 is 15.6 Å². The molecule has 0 fully saturated rings. The van der Waals surface area contributed by atoms with E-state index in [2.05, 4.69) is 20.6 Å². The lowest BCUT2D eigenvalue weighted by Crippen LogP contribution is -2.28. The lowest BCUT2D eigenvalue weighted by Gasteiger charge is -2.08. The summed E-state index contributed by atoms with van der Waals surface area (Å²) in [5.41, 5.74) is 4.59. The number of imidazole rings is 1. The zero-order valence-corrected chi connectivity index (χ0v) is 14.1. The van der Waals surface area contributed by atoms with Crippen molar-refractivity contribution in [1.29, 1.82) is 0 Å². The fourth-order valence-corrected chi connectivity index (χ4v) is 2.79. The van der Waals surface area contributed by atoms with E-state index in [0.717, 1.165) is 28.0 Å². The van der Waals surface area contributed by atoms with Gasteiger partial charge in [-0.05, 0) is 29.8 Å². The van der Waals surface area contributed by atoms with Crippen LogP contribution >= 0.6 is 0 Å². The summed E-state index contributed by atoms with van der Waals surface area (Å²) in [7, 11) is 0. The number of carbonyl (C=O) groups excluding carboxylic acids is 1. The normalized spacial score (nSPS) is 10.6. The third-order valence-electron chi connectivity index (χ3n) is 4.08. The van der Waals surface area contributed by atoms with Crippen LogP contribution < -0.4 is 10.6 Å². The van der Waals surface area contributed by atoms with Crippen LogP contribution in [0.5, 0.6) is 0 Å². The Balaban J connectivity index is 1.46. The molecule has 4 rings (SSSR count). The van der Waals surface area contributed by atoms with E-state index >= 15 is 0 Å². The summed E-state index contributed by atoms with van der Waals surface area (Å²) < 4.78 is 0. The number of anilines is 1. The van der Waals surface area contributed by atoms with Crippen LogP contribution in [0.3, 0.4) is 0 Å². The fraction of sp³-hybridized carbons (Fsp3) is 0.0476. The summed E-state index contributed by atoms with van der Waals surface area (Å²) in [5.74, 6) is 0.777. The Bertz CT molecular complexity index is 1010. The molecule has 0 unspecified atom stereocenters. The van der Waals surface area contributed by atoms with Gasteiger partial charge in [0.2, 0.25) is 0 Å². The molecule has 0 saturated heterocycles. The second-order valence-electron chi connectivity index (χ2n) is 5.98. The number of fused-ring (bicyclic) bond motifs is 1. The van der Waals surface area contributed by atoms with Crippen LogP contribution in [0, 0.1) is 0 Å². The maximum Gasteiger partial charge on any atom is 0.319 e. The van der Waals surface area contributed by atoms with Crippen molar-refractivity contribution in [3.63, 3.8) is 0 Å². The average molecular weight is 342 g/mol. The van der Waals surface area contributed by atoms with Crippen LogP contribution in [0.4, 0.5) is 10.5 Å². The molecule has 0 aliphatic carbocycles. The standard InChI is InChI=1S/C21H18N4O/c26-21(22-14-15-7-2-1-3-8-15)23-17-10-6-9-16(13-17)20-24-18-11-4-5-12-19(18)25-20/h1-13H,14H2,(H,24,25)(H2,22,23,26). The molecule has 0 aliphatic heterocycles. The van der Waals surface area contributed by atoms with Crippen LogP contribution in [0.2, 0.25) is 0 Å². The lowest BCUT2D eigenvalue weighted by molar-refractivity contribution is 0.251. The number of H-pyrrole nitrogens is 1. The first-order chi connectivity index (χ1) is 12.8. The van der Waals surface area contributed by atoms with Gasteiger partial charge in [-0.2, -0.15) is 0 Å². The number of aromatic nitrogens is 2. The number of urea groups is 1. The van der Waals surface area contributed by atoms with Gasteiger partial charge in [0.1, 0.15) is 5.82 Å². The first-order valence-corrected chi connectivity index (χ1v) is 8.42. The molecule has 4 aromatic rings. The molecule has 2 amide bonds. The monoisotopic (exact) mass is 342 g/mol. The largest absolute Gasteiger partial charge is 0.338 e. The average Bonchev–Trinajstić information content (AvgIpc) is 3.12. The van der Waals surface area contributed by atoms with Crippen molar-refractivity contribution in [2.24, 2.45) is 0 Å². The minimum atomic E-state index is -0.240. The maximum atomic E-state index is 12.1. The quantitative estimate of drug-likeness (QED) is 0.509. The van der Waals surface area contributed by atoms with E-state index in [1.54, 1.807) is 0 Å². The van der Waals surface area contributed by atoms with Crippen molar-refractivity contribution >= 4 is 22.8 Å². The number of hydrogen-bond acceptors (Lipinski definition) is 2. The van der Waals surface area contributed by atoms with Crippen LogP contribution in [0.15, 0.2) is 78.9 Å². The second kappa shape index (κ2) is 7.11. The number of nitrogens with one attached hydrogen (secondary N) is 3. The van der Waals surface area contributed by atoms with Gasteiger partial charge in [-0.15, -0.1) is 0 Å². The van der Waals surface area contributed by atoms with Crippen molar-refractivity contribution in [3.05, 3.63) is 84.4 Å². The molecule has 0 radical (unpaired) electrons. The molecular formula is C21H18N4O. The van der Waals surface area contributed by atoms with Gasteiger partial charge in [-0.3, -0.25) is 0 Å². The minimum Gasteiger partial charge on any atom is -0.338 e. The van der Waals surface area contributed by atoms with E-state index < -0.39 is 0 Å². The Kier molecular flexibility index (Phi) is 4.35. The van der Waals surface area contributed by atoms with Crippen molar-refractivity contribution in [1.82, 2.24) is 15.3 Å². The molecule has 128 valence electrons. The predicted octanol–water partition coefficient (Wildman–Crippen LogP) is 4.55.